The summed E-state index contributed by atoms with van der Waals surface area (Å²) in [5, 5.41) is 1.23. The van der Waals surface area contributed by atoms with Crippen LogP contribution in [0.25, 0.3) is 10.9 Å². The molecule has 0 aliphatic carbocycles. The number of rotatable bonds is 2. The number of nitrogens with two attached hydrogens (primary N) is 1. The number of pyridine rings is 1. The van der Waals surface area contributed by atoms with Crippen molar-refractivity contribution in [2.45, 2.75) is 25.9 Å². The molecule has 1 aromatic carbocycles. The largest absolute Gasteiger partial charge is 0.367 e. The zero-order valence-corrected chi connectivity index (χ0v) is 12.9. The summed E-state index contributed by atoms with van der Waals surface area (Å²) in [4.78, 5) is 9.59. The van der Waals surface area contributed by atoms with Crippen LogP contribution in [0.15, 0.2) is 30.3 Å². The van der Waals surface area contributed by atoms with E-state index < -0.39 is 0 Å². The van der Waals surface area contributed by atoms with Crippen molar-refractivity contribution < 1.29 is 0 Å². The van der Waals surface area contributed by atoms with E-state index in [0.717, 1.165) is 30.8 Å². The lowest BCUT2D eigenvalue weighted by atomic mass is 10.1. The Balaban J connectivity index is 2.09. The van der Waals surface area contributed by atoms with E-state index in [4.69, 9.17) is 5.73 Å². The molecule has 0 bridgehead atoms. The lowest BCUT2D eigenvalue weighted by Gasteiger charge is -2.31. The summed E-state index contributed by atoms with van der Waals surface area (Å²) in [6.07, 6.45) is 1.19. The van der Waals surface area contributed by atoms with Crippen molar-refractivity contribution in [1.82, 2.24) is 9.88 Å². The predicted molar refractivity (Wildman–Crippen MR) is 88.6 cm³/mol. The average Bonchev–Trinajstić information content (AvgIpc) is 2.66. The minimum Gasteiger partial charge on any atom is -0.367 e. The highest BCUT2D eigenvalue weighted by atomic mass is 15.2. The fourth-order valence-electron chi connectivity index (χ4n) is 3.28. The number of nitrogens with zero attached hydrogens (tertiary/aromatic N) is 3. The van der Waals surface area contributed by atoms with Crippen LogP contribution in [0.5, 0.6) is 0 Å². The van der Waals surface area contributed by atoms with Crippen molar-refractivity contribution in [3.63, 3.8) is 0 Å². The van der Waals surface area contributed by atoms with Gasteiger partial charge >= 0.3 is 0 Å². The van der Waals surface area contributed by atoms with E-state index in [1.54, 1.807) is 0 Å². The normalized spacial score (nSPS) is 20.7. The van der Waals surface area contributed by atoms with Gasteiger partial charge in [-0.1, -0.05) is 18.2 Å². The van der Waals surface area contributed by atoms with Crippen LogP contribution >= 0.6 is 0 Å². The summed E-state index contributed by atoms with van der Waals surface area (Å²) < 4.78 is 0. The van der Waals surface area contributed by atoms with E-state index in [1.165, 1.54) is 17.5 Å². The molecule has 1 aliphatic rings. The summed E-state index contributed by atoms with van der Waals surface area (Å²) in [5.74, 6) is 0. The fourth-order valence-corrected chi connectivity index (χ4v) is 3.28. The maximum Gasteiger partial charge on any atom is 0.0726 e. The molecule has 1 fully saturated rings. The van der Waals surface area contributed by atoms with Gasteiger partial charge in [-0.25, -0.2) is 0 Å². The molecule has 0 amide bonds. The van der Waals surface area contributed by atoms with E-state index in [-0.39, 0.29) is 0 Å². The maximum atomic E-state index is 5.84. The highest BCUT2D eigenvalue weighted by Crippen LogP contribution is 2.29. The molecule has 2 heterocycles. The van der Waals surface area contributed by atoms with Crippen molar-refractivity contribution in [1.29, 1.82) is 0 Å². The summed E-state index contributed by atoms with van der Waals surface area (Å²) in [7, 11) is 2.20. The second kappa shape index (κ2) is 6.00. The van der Waals surface area contributed by atoms with Gasteiger partial charge in [0, 0.05) is 36.7 Å². The van der Waals surface area contributed by atoms with Crippen LogP contribution in [-0.4, -0.2) is 42.6 Å². The molecule has 4 heteroatoms. The second-order valence-electron chi connectivity index (χ2n) is 6.01. The van der Waals surface area contributed by atoms with Gasteiger partial charge < -0.3 is 15.5 Å². The highest BCUT2D eigenvalue weighted by molar-refractivity contribution is 5.92. The first-order chi connectivity index (χ1) is 10.2. The maximum absolute atomic E-state index is 5.84. The summed E-state index contributed by atoms with van der Waals surface area (Å²) in [6.45, 7) is 6.13. The molecule has 2 aromatic rings. The number of fused-ring (bicyclic) bond motifs is 1. The molecule has 1 aromatic heterocycles. The van der Waals surface area contributed by atoms with Crippen LogP contribution in [0, 0.1) is 0 Å². The molecular formula is C17H24N4. The van der Waals surface area contributed by atoms with E-state index >= 15 is 0 Å². The van der Waals surface area contributed by atoms with Gasteiger partial charge in [0.15, 0.2) is 0 Å². The predicted octanol–water partition coefficient (Wildman–Crippen LogP) is 2.22. The third-order valence-corrected chi connectivity index (χ3v) is 4.31. The van der Waals surface area contributed by atoms with Crippen molar-refractivity contribution in [2.75, 3.05) is 31.6 Å². The molecule has 0 radical (unpaired) electrons. The third-order valence-electron chi connectivity index (χ3n) is 4.31. The summed E-state index contributed by atoms with van der Waals surface area (Å²) >= 11 is 0. The molecule has 2 N–H and O–H groups in total. The van der Waals surface area contributed by atoms with Gasteiger partial charge in [0.1, 0.15) is 0 Å². The monoisotopic (exact) mass is 284 g/mol. The first-order valence-electron chi connectivity index (χ1n) is 7.73. The van der Waals surface area contributed by atoms with Crippen LogP contribution in [-0.2, 0) is 6.54 Å². The molecule has 112 valence electrons. The van der Waals surface area contributed by atoms with Crippen LogP contribution in [0.3, 0.4) is 0 Å². The van der Waals surface area contributed by atoms with Crippen LogP contribution in [0.1, 0.15) is 19.0 Å². The molecule has 0 saturated carbocycles. The number of hydrogen-bond acceptors (Lipinski definition) is 4. The molecule has 21 heavy (non-hydrogen) atoms. The number of benzene rings is 1. The van der Waals surface area contributed by atoms with E-state index in [1.807, 2.05) is 6.07 Å². The number of para-hydroxylation sites is 1. The van der Waals surface area contributed by atoms with E-state index in [2.05, 4.69) is 53.0 Å². The quantitative estimate of drug-likeness (QED) is 0.918. The zero-order chi connectivity index (χ0) is 14.8. The van der Waals surface area contributed by atoms with Gasteiger partial charge in [-0.15, -0.1) is 0 Å². The van der Waals surface area contributed by atoms with Crippen molar-refractivity contribution in [3.05, 3.63) is 36.0 Å². The molecule has 1 aliphatic heterocycles. The molecule has 1 atom stereocenters. The molecule has 3 rings (SSSR count). The molecule has 4 nitrogen and oxygen atoms in total. The van der Waals surface area contributed by atoms with Gasteiger partial charge in [-0.2, -0.15) is 0 Å². The Kier molecular flexibility index (Phi) is 4.08. The Labute approximate surface area is 126 Å². The lowest BCUT2D eigenvalue weighted by molar-refractivity contribution is 0.337. The Hall–Kier alpha value is -1.65. The first-order valence-corrected chi connectivity index (χ1v) is 7.73. The Morgan fingerprint density at radius 1 is 1.29 bits per heavy atom. The lowest BCUT2D eigenvalue weighted by Crippen LogP contribution is -2.38. The van der Waals surface area contributed by atoms with Crippen molar-refractivity contribution in [3.8, 4) is 0 Å². The molecule has 1 saturated heterocycles. The van der Waals surface area contributed by atoms with Crippen molar-refractivity contribution in [2.24, 2.45) is 5.73 Å². The standard InChI is InChI=1S/C17H24N4/c1-13-12-20(2)8-5-9-21(13)17-10-14(11-18)19-16-7-4-3-6-15(16)17/h3-4,6-7,10,13H,5,8-9,11-12,18H2,1-2H3. The second-order valence-corrected chi connectivity index (χ2v) is 6.01. The number of anilines is 1. The van der Waals surface area contributed by atoms with Gasteiger partial charge in [-0.3, -0.25) is 4.98 Å². The molecule has 1 unspecified atom stereocenters. The molecule has 0 spiro atoms. The SMILES string of the molecule is CC1CN(C)CCCN1c1cc(CN)nc2ccccc12. The third kappa shape index (κ3) is 2.87. The topological polar surface area (TPSA) is 45.4 Å². The first kappa shape index (κ1) is 14.3. The minimum absolute atomic E-state index is 0.486. The number of hydrogen-bond donors (Lipinski definition) is 1. The van der Waals surface area contributed by atoms with Crippen molar-refractivity contribution >= 4 is 16.6 Å². The van der Waals surface area contributed by atoms with Crippen LogP contribution < -0.4 is 10.6 Å². The van der Waals surface area contributed by atoms with Gasteiger partial charge in [0.2, 0.25) is 0 Å². The van der Waals surface area contributed by atoms with Crippen LogP contribution in [0.4, 0.5) is 5.69 Å². The van der Waals surface area contributed by atoms with Gasteiger partial charge in [-0.05, 0) is 39.1 Å². The fraction of sp³-hybridized carbons (Fsp3) is 0.471. The van der Waals surface area contributed by atoms with E-state index in [9.17, 15) is 0 Å². The number of aromatic nitrogens is 1. The smallest absolute Gasteiger partial charge is 0.0726 e. The van der Waals surface area contributed by atoms with Crippen LogP contribution in [0.2, 0.25) is 0 Å². The highest BCUT2D eigenvalue weighted by Gasteiger charge is 2.22. The zero-order valence-electron chi connectivity index (χ0n) is 12.9. The Bertz CT molecular complexity index is 625. The summed E-state index contributed by atoms with van der Waals surface area (Å²) in [6, 6.07) is 11.0. The van der Waals surface area contributed by atoms with Gasteiger partial charge in [0.05, 0.1) is 11.2 Å². The Morgan fingerprint density at radius 3 is 2.90 bits per heavy atom. The summed E-state index contributed by atoms with van der Waals surface area (Å²) in [5.41, 5.74) is 9.13. The average molecular weight is 284 g/mol. The van der Waals surface area contributed by atoms with Gasteiger partial charge in [0.25, 0.3) is 0 Å². The van der Waals surface area contributed by atoms with E-state index in [0.29, 0.717) is 12.6 Å². The molecular weight excluding hydrogens is 260 g/mol. The number of likely N-dealkylation sites (N-methyl/N-ethyl adjacent to an activating group) is 1. The minimum atomic E-state index is 0.486. The Morgan fingerprint density at radius 2 is 2.10 bits per heavy atom.